The summed E-state index contributed by atoms with van der Waals surface area (Å²) in [5.41, 5.74) is 2.52. The summed E-state index contributed by atoms with van der Waals surface area (Å²) in [6.45, 7) is 12.7. The Morgan fingerprint density at radius 3 is 2.39 bits per heavy atom. The number of rotatable bonds is 4. The highest BCUT2D eigenvalue weighted by Gasteiger charge is 2.59. The molecule has 0 aliphatic heterocycles. The monoisotopic (exact) mass is 380 g/mol. The lowest BCUT2D eigenvalue weighted by Gasteiger charge is -2.35. The van der Waals surface area contributed by atoms with Gasteiger partial charge < -0.3 is 4.74 Å². The number of nitrogens with zero attached hydrogens (tertiary/aromatic N) is 2. The van der Waals surface area contributed by atoms with Crippen molar-refractivity contribution in [3.05, 3.63) is 35.4 Å². The quantitative estimate of drug-likeness (QED) is 0.683. The Hall–Kier alpha value is -2.15. The number of hydrogen-bond donors (Lipinski definition) is 0. The minimum atomic E-state index is -0.547. The van der Waals surface area contributed by atoms with Gasteiger partial charge in [-0.2, -0.15) is 5.26 Å². The second-order valence-electron chi connectivity index (χ2n) is 10.1. The molecule has 3 rings (SSSR count). The number of nitriles is 1. The molecule has 1 aromatic carbocycles. The molecule has 0 aromatic heterocycles. The molecule has 0 radical (unpaired) electrons. The van der Waals surface area contributed by atoms with E-state index in [2.05, 4.69) is 26.8 Å². The van der Waals surface area contributed by atoms with Crippen molar-refractivity contribution in [2.75, 3.05) is 0 Å². The Bertz CT molecular complexity index is 824. The maximum Gasteiger partial charge on any atom is 0.331 e. The fraction of sp³-hybridized carbons (Fsp3) is 0.625. The van der Waals surface area contributed by atoms with Crippen LogP contribution >= 0.6 is 0 Å². The summed E-state index contributed by atoms with van der Waals surface area (Å²) in [7, 11) is 0. The van der Waals surface area contributed by atoms with Gasteiger partial charge in [-0.1, -0.05) is 32.9 Å². The first-order chi connectivity index (χ1) is 13.0. The Morgan fingerprint density at radius 1 is 1.29 bits per heavy atom. The molecule has 0 heterocycles. The summed E-state index contributed by atoms with van der Waals surface area (Å²) in [4.78, 5) is 18.0. The van der Waals surface area contributed by atoms with Crippen LogP contribution in [0.25, 0.3) is 0 Å². The number of carbonyl (C=O) groups excluding carboxylic acids is 1. The molecule has 28 heavy (non-hydrogen) atoms. The third-order valence-electron chi connectivity index (χ3n) is 7.01. The normalized spacial score (nSPS) is 28.2. The molecule has 0 spiro atoms. The number of aliphatic imine (C=N–C) groups is 1. The van der Waals surface area contributed by atoms with Crippen LogP contribution in [0.2, 0.25) is 0 Å². The molecule has 4 heteroatoms. The standard InChI is InChI=1S/C24H32N2O2/c1-22(2,3)28-21(27)19(13-16-7-9-17(15-25)10-8-16)26-20-14-18-11-12-24(20,6)23(18,4)5/h7-10,18-19H,11-14H2,1-6H3/t18-,19-,24+/m1/s1. The summed E-state index contributed by atoms with van der Waals surface area (Å²) >= 11 is 0. The Balaban J connectivity index is 1.90. The molecule has 0 saturated heterocycles. The van der Waals surface area contributed by atoms with Gasteiger partial charge in [0.25, 0.3) is 0 Å². The number of benzene rings is 1. The zero-order chi connectivity index (χ0) is 20.7. The zero-order valence-electron chi connectivity index (χ0n) is 18.0. The van der Waals surface area contributed by atoms with Gasteiger partial charge in [0.2, 0.25) is 0 Å². The number of fused-ring (bicyclic) bond motifs is 2. The van der Waals surface area contributed by atoms with Crippen LogP contribution in [0, 0.1) is 28.1 Å². The number of hydrogen-bond acceptors (Lipinski definition) is 4. The van der Waals surface area contributed by atoms with Crippen LogP contribution < -0.4 is 0 Å². The largest absolute Gasteiger partial charge is 0.458 e. The predicted molar refractivity (Wildman–Crippen MR) is 111 cm³/mol. The summed E-state index contributed by atoms with van der Waals surface area (Å²) in [5, 5.41) is 9.01. The van der Waals surface area contributed by atoms with E-state index in [1.807, 2.05) is 32.9 Å². The average molecular weight is 381 g/mol. The molecule has 2 aliphatic rings. The molecule has 3 atom stereocenters. The van der Waals surface area contributed by atoms with Crippen molar-refractivity contribution in [3.63, 3.8) is 0 Å². The van der Waals surface area contributed by atoms with Crippen LogP contribution in [-0.4, -0.2) is 23.3 Å². The smallest absolute Gasteiger partial charge is 0.331 e. The maximum atomic E-state index is 13.0. The van der Waals surface area contributed by atoms with Gasteiger partial charge in [-0.15, -0.1) is 0 Å². The Morgan fingerprint density at radius 2 is 1.93 bits per heavy atom. The van der Waals surface area contributed by atoms with Gasteiger partial charge in [-0.25, -0.2) is 4.79 Å². The van der Waals surface area contributed by atoms with Crippen LogP contribution in [0.5, 0.6) is 0 Å². The first-order valence-electron chi connectivity index (χ1n) is 10.3. The third kappa shape index (κ3) is 3.72. The van der Waals surface area contributed by atoms with Gasteiger partial charge in [-0.05, 0) is 69.1 Å². The molecule has 0 N–H and O–H groups in total. The zero-order valence-corrected chi connectivity index (χ0v) is 18.0. The van der Waals surface area contributed by atoms with E-state index in [1.54, 1.807) is 12.1 Å². The molecular weight excluding hydrogens is 348 g/mol. The van der Waals surface area contributed by atoms with Gasteiger partial charge in [0.15, 0.2) is 6.04 Å². The summed E-state index contributed by atoms with van der Waals surface area (Å²) in [5.74, 6) is 0.374. The van der Waals surface area contributed by atoms with E-state index >= 15 is 0 Å². The van der Waals surface area contributed by atoms with Gasteiger partial charge in [0.1, 0.15) is 5.60 Å². The van der Waals surface area contributed by atoms with Crippen molar-refractivity contribution in [2.45, 2.75) is 78.9 Å². The summed E-state index contributed by atoms with van der Waals surface area (Å²) < 4.78 is 5.69. The van der Waals surface area contributed by atoms with E-state index in [1.165, 1.54) is 12.1 Å². The first-order valence-corrected chi connectivity index (χ1v) is 10.3. The molecule has 0 amide bonds. The van der Waals surface area contributed by atoms with Crippen LogP contribution in [0.15, 0.2) is 29.3 Å². The predicted octanol–water partition coefficient (Wildman–Crippen LogP) is 5.10. The molecule has 150 valence electrons. The molecular formula is C24H32N2O2. The van der Waals surface area contributed by atoms with E-state index in [0.717, 1.165) is 18.4 Å². The highest BCUT2D eigenvalue weighted by Crippen LogP contribution is 2.64. The number of esters is 1. The van der Waals surface area contributed by atoms with Crippen molar-refractivity contribution in [2.24, 2.45) is 21.7 Å². The van der Waals surface area contributed by atoms with Crippen molar-refractivity contribution in [1.82, 2.24) is 0 Å². The second kappa shape index (κ2) is 7.03. The summed E-state index contributed by atoms with van der Waals surface area (Å²) in [6, 6.07) is 8.97. The van der Waals surface area contributed by atoms with Crippen LogP contribution in [0.3, 0.4) is 0 Å². The van der Waals surface area contributed by atoms with Crippen LogP contribution in [-0.2, 0) is 16.0 Å². The van der Waals surface area contributed by atoms with Crippen molar-refractivity contribution < 1.29 is 9.53 Å². The van der Waals surface area contributed by atoms with Crippen LogP contribution in [0.1, 0.15) is 71.9 Å². The van der Waals surface area contributed by atoms with Gasteiger partial charge >= 0.3 is 5.97 Å². The van der Waals surface area contributed by atoms with E-state index < -0.39 is 11.6 Å². The maximum absolute atomic E-state index is 13.0. The molecule has 4 nitrogen and oxygen atoms in total. The lowest BCUT2D eigenvalue weighted by atomic mass is 9.70. The van der Waals surface area contributed by atoms with Gasteiger partial charge in [-0.3, -0.25) is 4.99 Å². The second-order valence-corrected chi connectivity index (χ2v) is 10.1. The Kier molecular flexibility index (Phi) is 5.17. The molecule has 2 bridgehead atoms. The fourth-order valence-electron chi connectivity index (χ4n) is 4.80. The van der Waals surface area contributed by atoms with E-state index in [4.69, 9.17) is 15.0 Å². The van der Waals surface area contributed by atoms with Crippen molar-refractivity contribution in [3.8, 4) is 6.07 Å². The summed E-state index contributed by atoms with van der Waals surface area (Å²) in [6.07, 6.45) is 3.86. The van der Waals surface area contributed by atoms with Gasteiger partial charge in [0, 0.05) is 17.5 Å². The van der Waals surface area contributed by atoms with E-state index in [0.29, 0.717) is 17.9 Å². The Labute approximate surface area is 169 Å². The molecule has 1 aromatic rings. The molecule has 0 unspecified atom stereocenters. The first kappa shape index (κ1) is 20.6. The fourth-order valence-corrected chi connectivity index (χ4v) is 4.80. The topological polar surface area (TPSA) is 62.5 Å². The SMILES string of the molecule is CC(C)(C)OC(=O)[C@@H](Cc1ccc(C#N)cc1)N=C1C[C@H]2CC[C@]1(C)C2(C)C. The van der Waals surface area contributed by atoms with Crippen molar-refractivity contribution >= 4 is 11.7 Å². The molecule has 2 fully saturated rings. The number of ether oxygens (including phenoxy) is 1. The average Bonchev–Trinajstić information content (AvgIpc) is 2.93. The van der Waals surface area contributed by atoms with Crippen LogP contribution in [0.4, 0.5) is 0 Å². The minimum absolute atomic E-state index is 0.0581. The van der Waals surface area contributed by atoms with E-state index in [-0.39, 0.29) is 16.8 Å². The lowest BCUT2D eigenvalue weighted by Crippen LogP contribution is -2.36. The molecule has 2 aliphatic carbocycles. The van der Waals surface area contributed by atoms with E-state index in [9.17, 15) is 4.79 Å². The van der Waals surface area contributed by atoms with Crippen molar-refractivity contribution in [1.29, 1.82) is 5.26 Å². The molecule has 2 saturated carbocycles. The minimum Gasteiger partial charge on any atom is -0.458 e. The highest BCUT2D eigenvalue weighted by atomic mass is 16.6. The van der Waals surface area contributed by atoms with Gasteiger partial charge in [0.05, 0.1) is 11.6 Å². The number of carbonyl (C=O) groups is 1. The third-order valence-corrected chi connectivity index (χ3v) is 7.01. The highest BCUT2D eigenvalue weighted by molar-refractivity contribution is 5.96. The lowest BCUT2D eigenvalue weighted by molar-refractivity contribution is -0.156.